The summed E-state index contributed by atoms with van der Waals surface area (Å²) in [6.45, 7) is 0.818. The van der Waals surface area contributed by atoms with Crippen LogP contribution in [0.15, 0.2) is 11.2 Å². The van der Waals surface area contributed by atoms with E-state index in [0.29, 0.717) is 0 Å². The van der Waals surface area contributed by atoms with Crippen molar-refractivity contribution in [2.24, 2.45) is 0 Å². The van der Waals surface area contributed by atoms with Crippen molar-refractivity contribution in [3.8, 4) is 0 Å². The van der Waals surface area contributed by atoms with Crippen LogP contribution in [0.3, 0.4) is 0 Å². The molecular formula is C4H6OS. The van der Waals surface area contributed by atoms with E-state index in [0.717, 1.165) is 17.9 Å². The second-order valence-electron chi connectivity index (χ2n) is 1.23. The molecule has 2 heteroatoms. The van der Waals surface area contributed by atoms with Gasteiger partial charge in [0.15, 0.2) is 0 Å². The molecule has 0 unspecified atom stereocenters. The Kier molecular flexibility index (Phi) is 1.05. The fourth-order valence-electron chi connectivity index (χ4n) is 0.378. The van der Waals surface area contributed by atoms with Gasteiger partial charge in [-0.05, 0) is 0 Å². The Hall–Kier alpha value is -0.110. The molecule has 0 fully saturated rings. The van der Waals surface area contributed by atoms with Gasteiger partial charge in [0.25, 0.3) is 0 Å². The Labute approximate surface area is 42.4 Å². The largest absolute Gasteiger partial charge is 0.500 e. The molecule has 0 amide bonds. The van der Waals surface area contributed by atoms with E-state index in [4.69, 9.17) is 4.74 Å². The van der Waals surface area contributed by atoms with Crippen molar-refractivity contribution in [2.45, 2.75) is 6.42 Å². The summed E-state index contributed by atoms with van der Waals surface area (Å²) < 4.78 is 4.82. The van der Waals surface area contributed by atoms with Crippen molar-refractivity contribution in [1.82, 2.24) is 0 Å². The maximum Gasteiger partial charge on any atom is 0.0922 e. The zero-order valence-corrected chi connectivity index (χ0v) is 4.24. The number of rotatable bonds is 0. The summed E-state index contributed by atoms with van der Waals surface area (Å²) >= 11 is 4.03. The molecule has 0 radical (unpaired) electrons. The molecule has 0 N–H and O–H groups in total. The summed E-state index contributed by atoms with van der Waals surface area (Å²) in [6, 6.07) is 0. The molecule has 0 saturated carbocycles. The van der Waals surface area contributed by atoms with Crippen LogP contribution in [-0.4, -0.2) is 6.61 Å². The van der Waals surface area contributed by atoms with Gasteiger partial charge in [-0.1, -0.05) is 0 Å². The van der Waals surface area contributed by atoms with Crippen LogP contribution in [0, 0.1) is 0 Å². The highest BCUT2D eigenvalue weighted by atomic mass is 32.1. The van der Waals surface area contributed by atoms with Gasteiger partial charge in [0.1, 0.15) is 0 Å². The third kappa shape index (κ3) is 0.684. The van der Waals surface area contributed by atoms with Gasteiger partial charge in [0, 0.05) is 11.3 Å². The minimum atomic E-state index is 0.818. The van der Waals surface area contributed by atoms with E-state index in [1.165, 1.54) is 0 Å². The Balaban J connectivity index is 2.45. The van der Waals surface area contributed by atoms with Gasteiger partial charge in [0.05, 0.1) is 12.9 Å². The Bertz CT molecular complexity index is 77.6. The zero-order valence-electron chi connectivity index (χ0n) is 3.35. The van der Waals surface area contributed by atoms with Crippen LogP contribution in [-0.2, 0) is 4.74 Å². The first-order chi connectivity index (χ1) is 2.89. The van der Waals surface area contributed by atoms with Crippen LogP contribution >= 0.6 is 12.6 Å². The summed E-state index contributed by atoms with van der Waals surface area (Å²) in [4.78, 5) is 1.05. The van der Waals surface area contributed by atoms with E-state index < -0.39 is 0 Å². The van der Waals surface area contributed by atoms with Crippen LogP contribution in [0.25, 0.3) is 0 Å². The smallest absolute Gasteiger partial charge is 0.0922 e. The predicted molar refractivity (Wildman–Crippen MR) is 27.6 cm³/mol. The van der Waals surface area contributed by atoms with Crippen molar-refractivity contribution in [3.05, 3.63) is 11.2 Å². The van der Waals surface area contributed by atoms with Crippen LogP contribution in [0.2, 0.25) is 0 Å². The highest BCUT2D eigenvalue weighted by Gasteiger charge is 1.96. The van der Waals surface area contributed by atoms with Crippen LogP contribution < -0.4 is 0 Å². The quantitative estimate of drug-likeness (QED) is 0.452. The second-order valence-corrected chi connectivity index (χ2v) is 1.80. The monoisotopic (exact) mass is 102 g/mol. The van der Waals surface area contributed by atoms with E-state index in [1.54, 1.807) is 6.26 Å². The van der Waals surface area contributed by atoms with Gasteiger partial charge in [0.2, 0.25) is 0 Å². The highest BCUT2D eigenvalue weighted by Crippen LogP contribution is 2.12. The molecule has 0 aromatic heterocycles. The fourth-order valence-corrected chi connectivity index (χ4v) is 0.543. The van der Waals surface area contributed by atoms with E-state index in [9.17, 15) is 0 Å². The molecule has 1 aliphatic rings. The molecule has 1 nitrogen and oxygen atoms in total. The molecule has 1 heterocycles. The first kappa shape index (κ1) is 4.06. The average molecular weight is 102 g/mol. The fraction of sp³-hybridized carbons (Fsp3) is 0.500. The maximum atomic E-state index is 4.82. The van der Waals surface area contributed by atoms with Crippen molar-refractivity contribution < 1.29 is 4.74 Å². The summed E-state index contributed by atoms with van der Waals surface area (Å²) in [5.74, 6) is 0. The lowest BCUT2D eigenvalue weighted by Crippen LogP contribution is -1.72. The zero-order chi connectivity index (χ0) is 4.41. The third-order valence-electron chi connectivity index (χ3n) is 0.695. The number of hydrogen-bond donors (Lipinski definition) is 1. The van der Waals surface area contributed by atoms with Gasteiger partial charge in [-0.25, -0.2) is 0 Å². The lowest BCUT2D eigenvalue weighted by atomic mass is 10.5. The minimum absolute atomic E-state index is 0.818. The van der Waals surface area contributed by atoms with E-state index in [1.807, 2.05) is 0 Å². The summed E-state index contributed by atoms with van der Waals surface area (Å²) in [7, 11) is 0. The molecule has 0 bridgehead atoms. The SMILES string of the molecule is SC1=COCC1. The molecule has 0 aromatic rings. The molecule has 0 atom stereocenters. The van der Waals surface area contributed by atoms with E-state index in [-0.39, 0.29) is 0 Å². The summed E-state index contributed by atoms with van der Waals surface area (Å²) in [5, 5.41) is 0. The lowest BCUT2D eigenvalue weighted by molar-refractivity contribution is 0.281. The Morgan fingerprint density at radius 1 is 1.83 bits per heavy atom. The molecule has 6 heavy (non-hydrogen) atoms. The number of ether oxygens (including phenoxy) is 1. The molecule has 0 spiro atoms. The highest BCUT2D eigenvalue weighted by molar-refractivity contribution is 7.84. The van der Waals surface area contributed by atoms with Crippen LogP contribution in [0.1, 0.15) is 6.42 Å². The van der Waals surface area contributed by atoms with E-state index in [2.05, 4.69) is 12.6 Å². The van der Waals surface area contributed by atoms with Crippen molar-refractivity contribution in [1.29, 1.82) is 0 Å². The molecule has 0 saturated heterocycles. The summed E-state index contributed by atoms with van der Waals surface area (Å²) in [5.41, 5.74) is 0. The molecular weight excluding hydrogens is 96.1 g/mol. The molecule has 1 aliphatic heterocycles. The number of thiol groups is 1. The van der Waals surface area contributed by atoms with Crippen molar-refractivity contribution in [2.75, 3.05) is 6.61 Å². The molecule has 0 aliphatic carbocycles. The normalized spacial score (nSPS) is 19.8. The first-order valence-electron chi connectivity index (χ1n) is 1.89. The second kappa shape index (κ2) is 1.56. The predicted octanol–water partition coefficient (Wildman–Crippen LogP) is 1.18. The van der Waals surface area contributed by atoms with Gasteiger partial charge >= 0.3 is 0 Å². The van der Waals surface area contributed by atoms with Crippen molar-refractivity contribution >= 4 is 12.6 Å². The molecule has 0 aromatic carbocycles. The Morgan fingerprint density at radius 2 is 2.67 bits per heavy atom. The molecule has 1 rings (SSSR count). The van der Waals surface area contributed by atoms with Gasteiger partial charge in [-0.3, -0.25) is 0 Å². The molecule has 34 valence electrons. The topological polar surface area (TPSA) is 9.23 Å². The number of hydrogen-bond acceptors (Lipinski definition) is 2. The first-order valence-corrected chi connectivity index (χ1v) is 2.34. The van der Waals surface area contributed by atoms with Crippen molar-refractivity contribution in [3.63, 3.8) is 0 Å². The standard InChI is InChI=1S/C4H6OS/c6-4-1-2-5-3-4/h3,6H,1-2H2. The van der Waals surface area contributed by atoms with E-state index >= 15 is 0 Å². The van der Waals surface area contributed by atoms with Gasteiger partial charge in [-0.15, -0.1) is 12.6 Å². The maximum absolute atomic E-state index is 4.82. The average Bonchev–Trinajstić information content (AvgIpc) is 1.86. The van der Waals surface area contributed by atoms with Crippen LogP contribution in [0.4, 0.5) is 0 Å². The summed E-state index contributed by atoms with van der Waals surface area (Å²) in [6.07, 6.45) is 2.67. The minimum Gasteiger partial charge on any atom is -0.500 e. The third-order valence-corrected chi connectivity index (χ3v) is 1.02. The Morgan fingerprint density at radius 3 is 2.83 bits per heavy atom. The van der Waals surface area contributed by atoms with Crippen LogP contribution in [0.5, 0.6) is 0 Å². The van der Waals surface area contributed by atoms with Gasteiger partial charge in [-0.2, -0.15) is 0 Å². The van der Waals surface area contributed by atoms with Gasteiger partial charge < -0.3 is 4.74 Å². The lowest BCUT2D eigenvalue weighted by Gasteiger charge is -1.79.